The van der Waals surface area contributed by atoms with E-state index < -0.39 is 12.3 Å². The van der Waals surface area contributed by atoms with Crippen LogP contribution in [0.5, 0.6) is 0 Å². The lowest BCUT2D eigenvalue weighted by molar-refractivity contribution is 0.0836. The summed E-state index contributed by atoms with van der Waals surface area (Å²) >= 11 is 9.20. The number of hydrogen-bond acceptors (Lipinski definition) is 4. The van der Waals surface area contributed by atoms with Gasteiger partial charge in [0.15, 0.2) is 5.78 Å². The Morgan fingerprint density at radius 2 is 1.87 bits per heavy atom. The van der Waals surface area contributed by atoms with Gasteiger partial charge in [0.2, 0.25) is 0 Å². The number of anilines is 1. The molecule has 122 valence electrons. The number of ketones is 1. The molecule has 0 spiro atoms. The molecule has 0 bridgehead atoms. The van der Waals surface area contributed by atoms with Gasteiger partial charge in [0.25, 0.3) is 0 Å². The average Bonchev–Trinajstić information content (AvgIpc) is 2.54. The molecule has 0 radical (unpaired) electrons. The van der Waals surface area contributed by atoms with E-state index in [0.29, 0.717) is 15.1 Å². The van der Waals surface area contributed by atoms with Crippen molar-refractivity contribution in [2.24, 2.45) is 5.73 Å². The van der Waals surface area contributed by atoms with Gasteiger partial charge in [0.05, 0.1) is 6.10 Å². The molecule has 0 amide bonds. The third-order valence-corrected chi connectivity index (χ3v) is 4.59. The van der Waals surface area contributed by atoms with E-state index in [2.05, 4.69) is 15.9 Å². The number of halogens is 2. The Bertz CT molecular complexity index is 679. The van der Waals surface area contributed by atoms with Crippen molar-refractivity contribution < 1.29 is 9.90 Å². The van der Waals surface area contributed by atoms with Crippen molar-refractivity contribution in [3.8, 4) is 0 Å². The van der Waals surface area contributed by atoms with Crippen LogP contribution in [0.1, 0.15) is 16.8 Å². The van der Waals surface area contributed by atoms with Crippen molar-refractivity contribution in [2.75, 3.05) is 11.9 Å². The number of carbonyl (C=O) groups excluding carboxylic acids is 1. The van der Waals surface area contributed by atoms with E-state index in [4.69, 9.17) is 17.3 Å². The zero-order valence-electron chi connectivity index (χ0n) is 12.6. The molecule has 23 heavy (non-hydrogen) atoms. The van der Waals surface area contributed by atoms with E-state index in [-0.39, 0.29) is 12.2 Å². The summed E-state index contributed by atoms with van der Waals surface area (Å²) in [7, 11) is 1.76. The Hall–Kier alpha value is -1.40. The van der Waals surface area contributed by atoms with Gasteiger partial charge in [0, 0.05) is 34.2 Å². The van der Waals surface area contributed by atoms with Gasteiger partial charge >= 0.3 is 0 Å². The van der Waals surface area contributed by atoms with Crippen LogP contribution in [0.15, 0.2) is 53.0 Å². The molecule has 0 aliphatic carbocycles. The largest absolute Gasteiger partial charge is 0.389 e. The summed E-state index contributed by atoms with van der Waals surface area (Å²) in [6.45, 7) is 0. The molecule has 0 heterocycles. The third kappa shape index (κ3) is 4.54. The van der Waals surface area contributed by atoms with Crippen LogP contribution in [-0.2, 0) is 0 Å². The van der Waals surface area contributed by atoms with Gasteiger partial charge in [-0.1, -0.05) is 45.7 Å². The summed E-state index contributed by atoms with van der Waals surface area (Å²) in [5, 5.41) is 10.9. The van der Waals surface area contributed by atoms with Crippen LogP contribution in [0, 0.1) is 0 Å². The second-order valence-electron chi connectivity index (χ2n) is 5.25. The zero-order valence-corrected chi connectivity index (χ0v) is 15.0. The first kappa shape index (κ1) is 17.9. The minimum absolute atomic E-state index is 0.0539. The van der Waals surface area contributed by atoms with Crippen LogP contribution >= 0.6 is 27.5 Å². The van der Waals surface area contributed by atoms with Gasteiger partial charge in [-0.15, -0.1) is 0 Å². The summed E-state index contributed by atoms with van der Waals surface area (Å²) in [6.07, 6.45) is -1.75. The van der Waals surface area contributed by atoms with Crippen LogP contribution in [0.4, 0.5) is 5.69 Å². The molecular weight excluding hydrogens is 380 g/mol. The van der Waals surface area contributed by atoms with E-state index >= 15 is 0 Å². The number of likely N-dealkylation sites (N-methyl/N-ethyl adjacent to an activating group) is 1. The van der Waals surface area contributed by atoms with Crippen LogP contribution in [0.3, 0.4) is 0 Å². The zero-order chi connectivity index (χ0) is 17.0. The summed E-state index contributed by atoms with van der Waals surface area (Å²) < 4.78 is 0.705. The van der Waals surface area contributed by atoms with Crippen molar-refractivity contribution in [1.82, 2.24) is 0 Å². The molecule has 2 aromatic carbocycles. The minimum atomic E-state index is -0.990. The predicted molar refractivity (Wildman–Crippen MR) is 96.9 cm³/mol. The monoisotopic (exact) mass is 396 g/mol. The molecule has 0 aromatic heterocycles. The lowest BCUT2D eigenvalue weighted by atomic mass is 10.0. The summed E-state index contributed by atoms with van der Waals surface area (Å²) in [4.78, 5) is 14.0. The quantitative estimate of drug-likeness (QED) is 0.579. The number of aliphatic hydroxyl groups excluding tert-OH is 1. The summed E-state index contributed by atoms with van der Waals surface area (Å²) in [6, 6.07) is 14.2. The molecule has 2 rings (SSSR count). The lowest BCUT2D eigenvalue weighted by Crippen LogP contribution is -2.49. The highest BCUT2D eigenvalue weighted by atomic mass is 79.9. The molecule has 4 nitrogen and oxygen atoms in total. The Morgan fingerprint density at radius 3 is 2.48 bits per heavy atom. The fraction of sp³-hybridized carbons (Fsp3) is 0.235. The minimum Gasteiger partial charge on any atom is -0.389 e. The highest BCUT2D eigenvalue weighted by molar-refractivity contribution is 9.10. The first-order valence-electron chi connectivity index (χ1n) is 7.10. The number of aliphatic hydroxyl groups is 1. The number of nitrogens with two attached hydrogens (primary N) is 1. The van der Waals surface area contributed by atoms with Gasteiger partial charge in [-0.2, -0.15) is 0 Å². The van der Waals surface area contributed by atoms with Gasteiger partial charge in [-0.25, -0.2) is 0 Å². The molecule has 0 aliphatic heterocycles. The Labute approximate surface area is 149 Å². The smallest absolute Gasteiger partial charge is 0.166 e. The maximum Gasteiger partial charge on any atom is 0.166 e. The average molecular weight is 398 g/mol. The SMILES string of the molecule is CN(c1ccc(Cl)cc1)C(N)C(O)CC(=O)c1ccccc1Br. The second kappa shape index (κ2) is 7.93. The van der Waals surface area contributed by atoms with Crippen molar-refractivity contribution in [1.29, 1.82) is 0 Å². The number of hydrogen-bond donors (Lipinski definition) is 2. The van der Waals surface area contributed by atoms with Crippen molar-refractivity contribution >= 4 is 39.0 Å². The van der Waals surface area contributed by atoms with Crippen LogP contribution in [0.2, 0.25) is 5.02 Å². The molecular formula is C17H18BrClN2O2. The highest BCUT2D eigenvalue weighted by Gasteiger charge is 2.23. The molecule has 2 unspecified atom stereocenters. The summed E-state index contributed by atoms with van der Waals surface area (Å²) in [5.74, 6) is -0.162. The Morgan fingerprint density at radius 1 is 1.26 bits per heavy atom. The van der Waals surface area contributed by atoms with Gasteiger partial charge in [-0.3, -0.25) is 4.79 Å². The van der Waals surface area contributed by atoms with E-state index in [0.717, 1.165) is 5.69 Å². The highest BCUT2D eigenvalue weighted by Crippen LogP contribution is 2.21. The number of Topliss-reactive ketones (excluding diaryl/α,β-unsaturated/α-hetero) is 1. The van der Waals surface area contributed by atoms with Gasteiger partial charge in [0.1, 0.15) is 6.17 Å². The molecule has 2 atom stereocenters. The summed E-state index contributed by atoms with van der Waals surface area (Å²) in [5.41, 5.74) is 7.42. The molecule has 0 saturated heterocycles. The fourth-order valence-corrected chi connectivity index (χ4v) is 2.85. The standard InChI is InChI=1S/C17H18BrClN2O2/c1-21(12-8-6-11(19)7-9-12)17(20)16(23)10-15(22)13-4-2-3-5-14(13)18/h2-9,16-17,23H,10,20H2,1H3. The van der Waals surface area contributed by atoms with Gasteiger partial charge in [-0.05, 0) is 30.3 Å². The molecule has 3 N–H and O–H groups in total. The molecule has 0 saturated carbocycles. The molecule has 6 heteroatoms. The lowest BCUT2D eigenvalue weighted by Gasteiger charge is -2.30. The maximum atomic E-state index is 12.3. The van der Waals surface area contributed by atoms with Crippen molar-refractivity contribution in [3.05, 3.63) is 63.6 Å². The van der Waals surface area contributed by atoms with Crippen LogP contribution < -0.4 is 10.6 Å². The van der Waals surface area contributed by atoms with E-state index in [9.17, 15) is 9.90 Å². The van der Waals surface area contributed by atoms with Crippen LogP contribution in [-0.4, -0.2) is 30.2 Å². The van der Waals surface area contributed by atoms with Crippen molar-refractivity contribution in [3.63, 3.8) is 0 Å². The number of benzene rings is 2. The fourth-order valence-electron chi connectivity index (χ4n) is 2.21. The van der Waals surface area contributed by atoms with E-state index in [1.54, 1.807) is 42.3 Å². The Balaban J connectivity index is 2.04. The maximum absolute atomic E-state index is 12.3. The molecule has 0 fully saturated rings. The van der Waals surface area contributed by atoms with E-state index in [1.807, 2.05) is 18.2 Å². The predicted octanol–water partition coefficient (Wildman–Crippen LogP) is 3.46. The molecule has 0 aliphatic rings. The number of nitrogens with zero attached hydrogens (tertiary/aromatic N) is 1. The normalized spacial score (nSPS) is 13.4. The van der Waals surface area contributed by atoms with Gasteiger partial charge < -0.3 is 15.7 Å². The third-order valence-electron chi connectivity index (χ3n) is 3.64. The van der Waals surface area contributed by atoms with E-state index in [1.165, 1.54) is 0 Å². The van der Waals surface area contributed by atoms with Crippen LogP contribution in [0.25, 0.3) is 0 Å². The number of carbonyl (C=O) groups is 1. The van der Waals surface area contributed by atoms with Crippen molar-refractivity contribution in [2.45, 2.75) is 18.7 Å². The molecule has 2 aromatic rings. The Kier molecular flexibility index (Phi) is 6.18. The number of rotatable bonds is 6. The second-order valence-corrected chi connectivity index (χ2v) is 6.54. The first-order valence-corrected chi connectivity index (χ1v) is 8.27. The first-order chi connectivity index (χ1) is 10.9. The topological polar surface area (TPSA) is 66.6 Å².